The summed E-state index contributed by atoms with van der Waals surface area (Å²) in [6, 6.07) is 13.4. The van der Waals surface area contributed by atoms with Gasteiger partial charge in [0.25, 0.3) is 0 Å². The van der Waals surface area contributed by atoms with Crippen LogP contribution in [-0.2, 0) is 12.8 Å². The summed E-state index contributed by atoms with van der Waals surface area (Å²) in [6.45, 7) is 2.12. The normalized spacial score (nSPS) is 12.4. The lowest BCUT2D eigenvalue weighted by molar-refractivity contribution is 0.504. The lowest BCUT2D eigenvalue weighted by atomic mass is 9.97. The third-order valence-electron chi connectivity index (χ3n) is 3.94. The number of nitrogens with one attached hydrogen (secondary N) is 1. The average Bonchev–Trinajstić information content (AvgIpc) is 2.48. The van der Waals surface area contributed by atoms with E-state index in [1.165, 1.54) is 17.2 Å². The molecule has 2 aromatic carbocycles. The van der Waals surface area contributed by atoms with Crippen LogP contribution in [0.15, 0.2) is 42.5 Å². The summed E-state index contributed by atoms with van der Waals surface area (Å²) in [4.78, 5) is 0. The van der Waals surface area contributed by atoms with Gasteiger partial charge in [-0.05, 0) is 56.5 Å². The standard InChI is InChI=1S/C18H21ClFN/c1-13-6-3-4-7-14(13)10-11-15(21-2)12-16-17(19)8-5-9-18(16)20/h3-9,15,21H,10-12H2,1-2H3. The Morgan fingerprint density at radius 1 is 1.14 bits per heavy atom. The molecule has 0 spiro atoms. The van der Waals surface area contributed by atoms with Gasteiger partial charge in [-0.25, -0.2) is 4.39 Å². The summed E-state index contributed by atoms with van der Waals surface area (Å²) in [5, 5.41) is 3.78. The topological polar surface area (TPSA) is 12.0 Å². The van der Waals surface area contributed by atoms with Gasteiger partial charge in [0.1, 0.15) is 5.82 Å². The van der Waals surface area contributed by atoms with E-state index in [0.29, 0.717) is 17.0 Å². The van der Waals surface area contributed by atoms with Crippen LogP contribution in [0, 0.1) is 12.7 Å². The van der Waals surface area contributed by atoms with Crippen LogP contribution in [-0.4, -0.2) is 13.1 Å². The average molecular weight is 306 g/mol. The molecule has 0 aliphatic heterocycles. The Labute approximate surface area is 131 Å². The second kappa shape index (κ2) is 7.58. The fourth-order valence-corrected chi connectivity index (χ4v) is 2.78. The zero-order valence-electron chi connectivity index (χ0n) is 12.5. The lowest BCUT2D eigenvalue weighted by Gasteiger charge is -2.18. The highest BCUT2D eigenvalue weighted by atomic mass is 35.5. The monoisotopic (exact) mass is 305 g/mol. The zero-order valence-corrected chi connectivity index (χ0v) is 13.3. The molecule has 0 fully saturated rings. The van der Waals surface area contributed by atoms with Crippen LogP contribution in [0.3, 0.4) is 0 Å². The fourth-order valence-electron chi connectivity index (χ4n) is 2.54. The van der Waals surface area contributed by atoms with Crippen molar-refractivity contribution in [1.82, 2.24) is 5.32 Å². The maximum atomic E-state index is 13.9. The maximum absolute atomic E-state index is 13.9. The van der Waals surface area contributed by atoms with Gasteiger partial charge in [0.2, 0.25) is 0 Å². The van der Waals surface area contributed by atoms with Gasteiger partial charge in [0.15, 0.2) is 0 Å². The summed E-state index contributed by atoms with van der Waals surface area (Å²) in [5.41, 5.74) is 3.25. The summed E-state index contributed by atoms with van der Waals surface area (Å²) in [7, 11) is 1.91. The first-order valence-corrected chi connectivity index (χ1v) is 7.64. The smallest absolute Gasteiger partial charge is 0.127 e. The highest BCUT2D eigenvalue weighted by molar-refractivity contribution is 6.31. The number of hydrogen-bond donors (Lipinski definition) is 1. The van der Waals surface area contributed by atoms with Crippen molar-refractivity contribution < 1.29 is 4.39 Å². The molecule has 0 aromatic heterocycles. The number of likely N-dealkylation sites (N-methyl/N-ethyl adjacent to an activating group) is 1. The Kier molecular flexibility index (Phi) is 5.77. The minimum Gasteiger partial charge on any atom is -0.317 e. The molecule has 0 bridgehead atoms. The molecule has 1 atom stereocenters. The van der Waals surface area contributed by atoms with Crippen molar-refractivity contribution >= 4 is 11.6 Å². The van der Waals surface area contributed by atoms with Crippen LogP contribution < -0.4 is 5.32 Å². The van der Waals surface area contributed by atoms with E-state index in [0.717, 1.165) is 12.8 Å². The molecule has 1 nitrogen and oxygen atoms in total. The van der Waals surface area contributed by atoms with Gasteiger partial charge in [-0.15, -0.1) is 0 Å². The van der Waals surface area contributed by atoms with E-state index < -0.39 is 0 Å². The minimum absolute atomic E-state index is 0.207. The third kappa shape index (κ3) is 4.29. The molecule has 2 rings (SSSR count). The second-order valence-electron chi connectivity index (χ2n) is 5.36. The first kappa shape index (κ1) is 16.0. The van der Waals surface area contributed by atoms with E-state index in [9.17, 15) is 4.39 Å². The summed E-state index contributed by atoms with van der Waals surface area (Å²) >= 11 is 6.11. The van der Waals surface area contributed by atoms with Gasteiger partial charge < -0.3 is 5.32 Å². The molecule has 0 heterocycles. The molecule has 3 heteroatoms. The quantitative estimate of drug-likeness (QED) is 0.825. The fraction of sp³-hybridized carbons (Fsp3) is 0.333. The SMILES string of the molecule is CNC(CCc1ccccc1C)Cc1c(F)cccc1Cl. The summed E-state index contributed by atoms with van der Waals surface area (Å²) in [6.07, 6.45) is 2.53. The number of aryl methyl sites for hydroxylation is 2. The molecule has 0 aliphatic carbocycles. The summed E-state index contributed by atoms with van der Waals surface area (Å²) < 4.78 is 13.9. The van der Waals surface area contributed by atoms with Gasteiger partial charge >= 0.3 is 0 Å². The summed E-state index contributed by atoms with van der Waals surface area (Å²) in [5.74, 6) is -0.223. The molecule has 21 heavy (non-hydrogen) atoms. The molecule has 1 N–H and O–H groups in total. The van der Waals surface area contributed by atoms with Crippen molar-refractivity contribution in [2.75, 3.05) is 7.05 Å². The minimum atomic E-state index is -0.223. The van der Waals surface area contributed by atoms with Gasteiger partial charge in [0.05, 0.1) is 0 Å². The highest BCUT2D eigenvalue weighted by Crippen LogP contribution is 2.22. The van der Waals surface area contributed by atoms with Crippen LogP contribution in [0.4, 0.5) is 4.39 Å². The highest BCUT2D eigenvalue weighted by Gasteiger charge is 2.14. The Balaban J connectivity index is 2.02. The first-order chi connectivity index (χ1) is 10.1. The Bertz CT molecular complexity index is 577. The van der Waals surface area contributed by atoms with E-state index in [2.05, 4.69) is 30.4 Å². The number of rotatable bonds is 6. The lowest BCUT2D eigenvalue weighted by Crippen LogP contribution is -2.28. The third-order valence-corrected chi connectivity index (χ3v) is 4.30. The van der Waals surface area contributed by atoms with E-state index in [1.54, 1.807) is 12.1 Å². The Morgan fingerprint density at radius 2 is 1.90 bits per heavy atom. The van der Waals surface area contributed by atoms with E-state index >= 15 is 0 Å². The van der Waals surface area contributed by atoms with Crippen LogP contribution in [0.5, 0.6) is 0 Å². The van der Waals surface area contributed by atoms with Crippen LogP contribution in [0.25, 0.3) is 0 Å². The molecular formula is C18H21ClFN. The molecule has 0 aliphatic rings. The maximum Gasteiger partial charge on any atom is 0.127 e. The molecule has 0 saturated heterocycles. The van der Waals surface area contributed by atoms with Gasteiger partial charge in [0, 0.05) is 16.6 Å². The van der Waals surface area contributed by atoms with Crippen molar-refractivity contribution in [2.45, 2.75) is 32.2 Å². The molecule has 2 aromatic rings. The van der Waals surface area contributed by atoms with Crippen molar-refractivity contribution in [1.29, 1.82) is 0 Å². The molecule has 0 amide bonds. The number of hydrogen-bond acceptors (Lipinski definition) is 1. The first-order valence-electron chi connectivity index (χ1n) is 7.26. The van der Waals surface area contributed by atoms with Crippen LogP contribution >= 0.6 is 11.6 Å². The van der Waals surface area contributed by atoms with E-state index in [4.69, 9.17) is 11.6 Å². The van der Waals surface area contributed by atoms with E-state index in [-0.39, 0.29) is 11.9 Å². The number of benzene rings is 2. The van der Waals surface area contributed by atoms with Crippen LogP contribution in [0.1, 0.15) is 23.1 Å². The molecule has 0 radical (unpaired) electrons. The Hall–Kier alpha value is -1.38. The van der Waals surface area contributed by atoms with Crippen molar-refractivity contribution in [3.05, 3.63) is 70.0 Å². The zero-order chi connectivity index (χ0) is 15.2. The molecular weight excluding hydrogens is 285 g/mol. The molecule has 1 unspecified atom stereocenters. The van der Waals surface area contributed by atoms with Crippen molar-refractivity contribution in [3.8, 4) is 0 Å². The van der Waals surface area contributed by atoms with Crippen molar-refractivity contribution in [2.24, 2.45) is 0 Å². The second-order valence-corrected chi connectivity index (χ2v) is 5.76. The van der Waals surface area contributed by atoms with E-state index in [1.807, 2.05) is 13.1 Å². The molecule has 0 saturated carbocycles. The number of halogens is 2. The van der Waals surface area contributed by atoms with Crippen LogP contribution in [0.2, 0.25) is 5.02 Å². The van der Waals surface area contributed by atoms with Gasteiger partial charge in [-0.1, -0.05) is 41.9 Å². The van der Waals surface area contributed by atoms with Gasteiger partial charge in [-0.2, -0.15) is 0 Å². The van der Waals surface area contributed by atoms with Crippen molar-refractivity contribution in [3.63, 3.8) is 0 Å². The van der Waals surface area contributed by atoms with Gasteiger partial charge in [-0.3, -0.25) is 0 Å². The predicted molar refractivity (Wildman–Crippen MR) is 87.5 cm³/mol. The Morgan fingerprint density at radius 3 is 2.57 bits per heavy atom. The predicted octanol–water partition coefficient (Wildman–Crippen LogP) is 4.55. The largest absolute Gasteiger partial charge is 0.317 e. The molecule has 112 valence electrons.